The molecule has 1 unspecified atom stereocenters. The molecule has 1 atom stereocenters. The first-order chi connectivity index (χ1) is 15.3. The number of aromatic amines is 1. The highest BCUT2D eigenvalue weighted by atomic mass is 19.1. The fourth-order valence-corrected chi connectivity index (χ4v) is 2.93. The molecule has 0 saturated heterocycles. The molecule has 0 saturated carbocycles. The van der Waals surface area contributed by atoms with Crippen LogP contribution in [0.4, 0.5) is 14.6 Å². The number of aromatic nitrogens is 2. The van der Waals surface area contributed by atoms with Crippen LogP contribution in [0.2, 0.25) is 0 Å². The molecule has 0 aliphatic rings. The molecule has 1 heterocycles. The van der Waals surface area contributed by atoms with Crippen molar-refractivity contribution in [1.29, 1.82) is 0 Å². The van der Waals surface area contributed by atoms with Gasteiger partial charge < -0.3 is 15.5 Å². The van der Waals surface area contributed by atoms with Gasteiger partial charge >= 0.3 is 0 Å². The Hall–Kier alpha value is -3.82. The van der Waals surface area contributed by atoms with Gasteiger partial charge in [0.1, 0.15) is 23.4 Å². The van der Waals surface area contributed by atoms with Gasteiger partial charge in [0.05, 0.1) is 6.42 Å². The van der Waals surface area contributed by atoms with Crippen LogP contribution < -0.4 is 10.6 Å². The minimum absolute atomic E-state index is 0.107. The van der Waals surface area contributed by atoms with Gasteiger partial charge in [0, 0.05) is 25.2 Å². The molecule has 0 aliphatic heterocycles. The van der Waals surface area contributed by atoms with E-state index in [4.69, 9.17) is 0 Å². The van der Waals surface area contributed by atoms with E-state index in [-0.39, 0.29) is 35.8 Å². The summed E-state index contributed by atoms with van der Waals surface area (Å²) < 4.78 is 26.6. The molecule has 1 aromatic heterocycles. The lowest BCUT2D eigenvalue weighted by Crippen LogP contribution is -2.44. The Labute approximate surface area is 184 Å². The monoisotopic (exact) mass is 445 g/mol. The Bertz CT molecular complexity index is 975. The van der Waals surface area contributed by atoms with Crippen molar-refractivity contribution in [2.24, 2.45) is 0 Å². The molecule has 10 heteroatoms. The Morgan fingerprint density at radius 3 is 2.31 bits per heavy atom. The zero-order chi connectivity index (χ0) is 23.7. The molecule has 0 aliphatic carbocycles. The predicted octanol–water partition coefficient (Wildman–Crippen LogP) is 2.58. The van der Waals surface area contributed by atoms with Crippen molar-refractivity contribution in [1.82, 2.24) is 20.4 Å². The Morgan fingerprint density at radius 2 is 1.75 bits per heavy atom. The molecule has 3 N–H and O–H groups in total. The molecule has 0 bridgehead atoms. The van der Waals surface area contributed by atoms with E-state index < -0.39 is 29.5 Å². The number of hydrogen-bond acceptors (Lipinski definition) is 4. The summed E-state index contributed by atoms with van der Waals surface area (Å²) in [4.78, 5) is 38.8. The van der Waals surface area contributed by atoms with E-state index in [1.165, 1.54) is 11.0 Å². The fourth-order valence-electron chi connectivity index (χ4n) is 2.93. The van der Waals surface area contributed by atoms with Crippen molar-refractivity contribution in [3.8, 4) is 0 Å². The van der Waals surface area contributed by atoms with Crippen LogP contribution in [0.5, 0.6) is 0 Å². The molecule has 3 amide bonds. The third-order valence-electron chi connectivity index (χ3n) is 4.39. The first-order valence-electron chi connectivity index (χ1n) is 9.89. The first kappa shape index (κ1) is 24.4. The van der Waals surface area contributed by atoms with E-state index in [2.05, 4.69) is 34.0 Å². The number of amides is 3. The number of benzene rings is 1. The van der Waals surface area contributed by atoms with Crippen LogP contribution in [0.25, 0.3) is 0 Å². The van der Waals surface area contributed by atoms with Crippen molar-refractivity contribution in [2.75, 3.05) is 18.4 Å². The number of anilines is 1. The second-order valence-corrected chi connectivity index (χ2v) is 6.93. The molecule has 0 fully saturated rings. The molecular weight excluding hydrogens is 420 g/mol. The Balaban J connectivity index is 1.99. The number of halogens is 2. The summed E-state index contributed by atoms with van der Waals surface area (Å²) in [7, 11) is 0. The molecule has 32 heavy (non-hydrogen) atoms. The minimum Gasteiger partial charge on any atom is -0.344 e. The summed E-state index contributed by atoms with van der Waals surface area (Å²) in [6, 6.07) is 3.28. The van der Waals surface area contributed by atoms with Crippen molar-refractivity contribution in [3.05, 3.63) is 72.5 Å². The molecule has 8 nitrogen and oxygen atoms in total. The van der Waals surface area contributed by atoms with E-state index in [1.807, 2.05) is 0 Å². The fraction of sp³-hybridized carbons (Fsp3) is 0.273. The minimum atomic E-state index is -0.908. The van der Waals surface area contributed by atoms with Crippen LogP contribution in [0.3, 0.4) is 0 Å². The van der Waals surface area contributed by atoms with E-state index in [1.54, 1.807) is 19.1 Å². The lowest BCUT2D eigenvalue weighted by atomic mass is 10.1. The smallest absolute Gasteiger partial charge is 0.272 e. The lowest BCUT2D eigenvalue weighted by molar-refractivity contribution is -0.126. The maximum absolute atomic E-state index is 13.3. The summed E-state index contributed by atoms with van der Waals surface area (Å²) in [5, 5.41) is 11.5. The quantitative estimate of drug-likeness (QED) is 0.462. The normalized spacial score (nSPS) is 11.3. The zero-order valence-corrected chi connectivity index (χ0v) is 17.7. The summed E-state index contributed by atoms with van der Waals surface area (Å²) in [5.41, 5.74) is 0.309. The number of H-pyrrole nitrogens is 1. The van der Waals surface area contributed by atoms with Crippen LogP contribution >= 0.6 is 0 Å². The molecule has 2 rings (SSSR count). The number of nitrogens with zero attached hydrogens (tertiary/aromatic N) is 2. The third kappa shape index (κ3) is 6.86. The summed E-state index contributed by atoms with van der Waals surface area (Å²) in [6.07, 6.45) is 3.13. The van der Waals surface area contributed by atoms with Crippen molar-refractivity contribution in [3.63, 3.8) is 0 Å². The average Bonchev–Trinajstić information content (AvgIpc) is 3.18. The largest absolute Gasteiger partial charge is 0.344 e. The number of carbonyl (C=O) groups is 3. The first-order valence-corrected chi connectivity index (χ1v) is 9.89. The van der Waals surface area contributed by atoms with Crippen LogP contribution in [0.1, 0.15) is 29.4 Å². The van der Waals surface area contributed by atoms with Gasteiger partial charge in [0.2, 0.25) is 11.8 Å². The highest BCUT2D eigenvalue weighted by molar-refractivity contribution is 5.98. The van der Waals surface area contributed by atoms with Gasteiger partial charge in [-0.3, -0.25) is 19.5 Å². The van der Waals surface area contributed by atoms with Gasteiger partial charge in [-0.05, 0) is 24.1 Å². The molecule has 1 aromatic carbocycles. The number of rotatable bonds is 11. The predicted molar refractivity (Wildman–Crippen MR) is 116 cm³/mol. The maximum atomic E-state index is 13.3. The zero-order valence-electron chi connectivity index (χ0n) is 17.7. The standard InChI is InChI=1S/C22H25F2N5O3/c1-4-7-29(8-5-2)22(32)18-13-19(28-27-18)26-21(31)17(6-3)25-20(30)11-14-9-15(23)12-16(24)10-14/h4-5,9-10,12-13,17H,1-2,6-8,11H2,3H3,(H,25,30)(H2,26,27,28,31). The molecular formula is C22H25F2N5O3. The van der Waals surface area contributed by atoms with Crippen molar-refractivity contribution in [2.45, 2.75) is 25.8 Å². The van der Waals surface area contributed by atoms with E-state index in [0.29, 0.717) is 19.2 Å². The second kappa shape index (κ2) is 11.5. The lowest BCUT2D eigenvalue weighted by Gasteiger charge is -2.17. The average molecular weight is 445 g/mol. The van der Waals surface area contributed by atoms with Gasteiger partial charge in [0.15, 0.2) is 5.82 Å². The Morgan fingerprint density at radius 1 is 1.12 bits per heavy atom. The van der Waals surface area contributed by atoms with E-state index >= 15 is 0 Å². The van der Waals surface area contributed by atoms with Crippen LogP contribution in [0.15, 0.2) is 49.6 Å². The Kier molecular flexibility index (Phi) is 8.82. The second-order valence-electron chi connectivity index (χ2n) is 6.93. The summed E-state index contributed by atoms with van der Waals surface area (Å²) in [5.74, 6) is -2.94. The topological polar surface area (TPSA) is 107 Å². The van der Waals surface area contributed by atoms with Gasteiger partial charge in [-0.25, -0.2) is 8.78 Å². The van der Waals surface area contributed by atoms with E-state index in [0.717, 1.165) is 12.1 Å². The van der Waals surface area contributed by atoms with Crippen molar-refractivity contribution >= 4 is 23.5 Å². The van der Waals surface area contributed by atoms with Gasteiger partial charge in [-0.2, -0.15) is 5.10 Å². The molecule has 0 radical (unpaired) electrons. The number of nitrogens with one attached hydrogen (secondary N) is 3. The molecule has 2 aromatic rings. The van der Waals surface area contributed by atoms with Crippen LogP contribution in [-0.4, -0.2) is 52.0 Å². The van der Waals surface area contributed by atoms with Crippen LogP contribution in [0, 0.1) is 11.6 Å². The summed E-state index contributed by atoms with van der Waals surface area (Å²) in [6.45, 7) is 9.53. The SMILES string of the molecule is C=CCN(CC=C)C(=O)c1cc(NC(=O)C(CC)NC(=O)Cc2cc(F)cc(F)c2)n[nH]1. The highest BCUT2D eigenvalue weighted by Gasteiger charge is 2.22. The van der Waals surface area contributed by atoms with Crippen LogP contribution in [-0.2, 0) is 16.0 Å². The molecule has 0 spiro atoms. The van der Waals surface area contributed by atoms with Gasteiger partial charge in [0.25, 0.3) is 5.91 Å². The summed E-state index contributed by atoms with van der Waals surface area (Å²) >= 11 is 0. The highest BCUT2D eigenvalue weighted by Crippen LogP contribution is 2.11. The third-order valence-corrected chi connectivity index (χ3v) is 4.39. The number of hydrogen-bond donors (Lipinski definition) is 3. The van der Waals surface area contributed by atoms with Gasteiger partial charge in [-0.15, -0.1) is 13.2 Å². The van der Waals surface area contributed by atoms with Crippen molar-refractivity contribution < 1.29 is 23.2 Å². The van der Waals surface area contributed by atoms with Gasteiger partial charge in [-0.1, -0.05) is 19.1 Å². The van der Waals surface area contributed by atoms with E-state index in [9.17, 15) is 23.2 Å². The molecule has 170 valence electrons. The maximum Gasteiger partial charge on any atom is 0.272 e. The number of carbonyl (C=O) groups excluding carboxylic acids is 3.